The average molecular weight is 297 g/mol. The predicted octanol–water partition coefficient (Wildman–Crippen LogP) is 2.92. The second-order valence-electron chi connectivity index (χ2n) is 7.46. The van der Waals surface area contributed by atoms with Crippen molar-refractivity contribution in [3.05, 3.63) is 34.9 Å². The van der Waals surface area contributed by atoms with E-state index < -0.39 is 0 Å². The van der Waals surface area contributed by atoms with Crippen molar-refractivity contribution in [3.63, 3.8) is 0 Å². The SMILES string of the molecule is COc1ccc2c3c1O[C@@H]1C(C)=CC[C@@H]4[C@H](C2)N(C)CC[C@@]314. The average Bonchev–Trinajstić information content (AvgIpc) is 2.88. The van der Waals surface area contributed by atoms with E-state index in [1.165, 1.54) is 36.1 Å². The number of benzene rings is 1. The lowest BCUT2D eigenvalue weighted by Gasteiger charge is -2.57. The van der Waals surface area contributed by atoms with E-state index in [1.54, 1.807) is 7.11 Å². The molecule has 5 rings (SSSR count). The summed E-state index contributed by atoms with van der Waals surface area (Å²) >= 11 is 0. The third-order valence-electron chi connectivity index (χ3n) is 6.70. The number of hydrogen-bond acceptors (Lipinski definition) is 3. The molecular weight excluding hydrogens is 274 g/mol. The molecule has 4 atom stereocenters. The number of hydrogen-bond donors (Lipinski definition) is 0. The molecule has 2 heterocycles. The first-order valence-corrected chi connectivity index (χ1v) is 8.40. The molecule has 0 amide bonds. The molecule has 0 saturated carbocycles. The molecule has 4 aliphatic rings. The van der Waals surface area contributed by atoms with E-state index in [0.717, 1.165) is 17.9 Å². The lowest BCUT2D eigenvalue weighted by Crippen LogP contribution is -2.63. The Morgan fingerprint density at radius 3 is 3.05 bits per heavy atom. The topological polar surface area (TPSA) is 21.7 Å². The number of ether oxygens (including phenoxy) is 2. The van der Waals surface area contributed by atoms with Crippen LogP contribution in [0.2, 0.25) is 0 Å². The Hall–Kier alpha value is -1.48. The number of methoxy groups -OCH3 is 1. The smallest absolute Gasteiger partial charge is 0.166 e. The van der Waals surface area contributed by atoms with Crippen LogP contribution in [0.4, 0.5) is 0 Å². The summed E-state index contributed by atoms with van der Waals surface area (Å²) in [5, 5.41) is 0. The summed E-state index contributed by atoms with van der Waals surface area (Å²) < 4.78 is 12.1. The van der Waals surface area contributed by atoms with Crippen molar-refractivity contribution in [2.75, 3.05) is 20.7 Å². The number of piperidine rings is 1. The summed E-state index contributed by atoms with van der Waals surface area (Å²) in [7, 11) is 4.05. The zero-order chi connectivity index (χ0) is 15.1. The van der Waals surface area contributed by atoms with Gasteiger partial charge in [0, 0.05) is 17.0 Å². The third kappa shape index (κ3) is 1.28. The normalized spacial score (nSPS) is 38.1. The van der Waals surface area contributed by atoms with Gasteiger partial charge in [0.15, 0.2) is 11.5 Å². The summed E-state index contributed by atoms with van der Waals surface area (Å²) in [6, 6.07) is 5.02. The van der Waals surface area contributed by atoms with Crippen LogP contribution in [0.1, 0.15) is 30.9 Å². The minimum absolute atomic E-state index is 0.188. The molecule has 1 aromatic carbocycles. The fraction of sp³-hybridized carbons (Fsp3) is 0.579. The van der Waals surface area contributed by atoms with Crippen molar-refractivity contribution >= 4 is 0 Å². The van der Waals surface area contributed by atoms with Gasteiger partial charge in [-0.1, -0.05) is 12.1 Å². The van der Waals surface area contributed by atoms with Gasteiger partial charge >= 0.3 is 0 Å². The third-order valence-corrected chi connectivity index (χ3v) is 6.70. The fourth-order valence-corrected chi connectivity index (χ4v) is 5.73. The monoisotopic (exact) mass is 297 g/mol. The summed E-state index contributed by atoms with van der Waals surface area (Å²) in [4.78, 5) is 2.58. The molecular formula is C19H23NO2. The maximum atomic E-state index is 6.54. The maximum absolute atomic E-state index is 6.54. The molecule has 2 bridgehead atoms. The first kappa shape index (κ1) is 13.0. The van der Waals surface area contributed by atoms with E-state index in [-0.39, 0.29) is 11.5 Å². The van der Waals surface area contributed by atoms with Gasteiger partial charge in [0.25, 0.3) is 0 Å². The van der Waals surface area contributed by atoms with Crippen molar-refractivity contribution in [3.8, 4) is 11.5 Å². The molecule has 116 valence electrons. The largest absolute Gasteiger partial charge is 0.493 e. The summed E-state index contributed by atoms with van der Waals surface area (Å²) in [6.07, 6.45) is 6.18. The molecule has 3 nitrogen and oxygen atoms in total. The van der Waals surface area contributed by atoms with E-state index >= 15 is 0 Å². The fourth-order valence-electron chi connectivity index (χ4n) is 5.73. The highest BCUT2D eigenvalue weighted by molar-refractivity contribution is 5.62. The van der Waals surface area contributed by atoms with Crippen molar-refractivity contribution in [2.45, 2.75) is 43.7 Å². The molecule has 2 aliphatic heterocycles. The van der Waals surface area contributed by atoms with E-state index in [0.29, 0.717) is 12.0 Å². The lowest BCUT2D eigenvalue weighted by molar-refractivity contribution is -0.00815. The highest BCUT2D eigenvalue weighted by Gasteiger charge is 2.63. The summed E-state index contributed by atoms with van der Waals surface area (Å²) in [5.41, 5.74) is 4.57. The number of likely N-dealkylation sites (tertiary alicyclic amines) is 1. The van der Waals surface area contributed by atoms with Crippen molar-refractivity contribution in [1.82, 2.24) is 4.90 Å². The molecule has 0 radical (unpaired) electrons. The molecule has 2 aliphatic carbocycles. The molecule has 22 heavy (non-hydrogen) atoms. The predicted molar refractivity (Wildman–Crippen MR) is 85.7 cm³/mol. The molecule has 1 spiro atoms. The highest BCUT2D eigenvalue weighted by Crippen LogP contribution is 2.63. The van der Waals surface area contributed by atoms with Gasteiger partial charge in [-0.3, -0.25) is 0 Å². The van der Waals surface area contributed by atoms with E-state index in [1.807, 2.05) is 0 Å². The molecule has 0 aromatic heterocycles. The van der Waals surface area contributed by atoms with Crippen LogP contribution in [0.15, 0.2) is 23.8 Å². The maximum Gasteiger partial charge on any atom is 0.166 e. The van der Waals surface area contributed by atoms with Crippen LogP contribution in [0, 0.1) is 5.92 Å². The van der Waals surface area contributed by atoms with Gasteiger partial charge in [-0.25, -0.2) is 0 Å². The highest BCUT2D eigenvalue weighted by atomic mass is 16.5. The van der Waals surface area contributed by atoms with Gasteiger partial charge in [0.2, 0.25) is 0 Å². The number of allylic oxidation sites excluding steroid dienone is 1. The van der Waals surface area contributed by atoms with Gasteiger partial charge in [0.05, 0.1) is 7.11 Å². The van der Waals surface area contributed by atoms with Crippen molar-refractivity contribution < 1.29 is 9.47 Å². The van der Waals surface area contributed by atoms with Crippen LogP contribution in [0.3, 0.4) is 0 Å². The molecule has 0 N–H and O–H groups in total. The molecule has 1 aromatic rings. The lowest BCUT2D eigenvalue weighted by atomic mass is 9.52. The van der Waals surface area contributed by atoms with Crippen LogP contribution >= 0.6 is 0 Å². The standard InChI is InChI=1S/C19H23NO2/c1-11-4-6-13-14-10-12-5-7-15(21-3)17-16(12)19(13,18(11)22-17)8-9-20(14)2/h4-5,7,13-14,18H,6,8-10H2,1-3H3/t13-,14+,18-,19-/m1/s1. The molecule has 0 unspecified atom stereocenters. The quantitative estimate of drug-likeness (QED) is 0.744. The van der Waals surface area contributed by atoms with Gasteiger partial charge in [-0.15, -0.1) is 0 Å². The Morgan fingerprint density at radius 2 is 2.23 bits per heavy atom. The van der Waals surface area contributed by atoms with Crippen LogP contribution in [0.5, 0.6) is 11.5 Å². The van der Waals surface area contributed by atoms with Gasteiger partial charge in [-0.05, 0) is 62.9 Å². The number of rotatable bonds is 1. The Labute approximate surface area is 131 Å². The van der Waals surface area contributed by atoms with Gasteiger partial charge in [0.1, 0.15) is 6.10 Å². The van der Waals surface area contributed by atoms with Crippen LogP contribution < -0.4 is 9.47 Å². The summed E-state index contributed by atoms with van der Waals surface area (Å²) in [6.45, 7) is 3.42. The van der Waals surface area contributed by atoms with Crippen LogP contribution in [-0.4, -0.2) is 37.7 Å². The van der Waals surface area contributed by atoms with Crippen LogP contribution in [0.25, 0.3) is 0 Å². The van der Waals surface area contributed by atoms with Gasteiger partial charge in [-0.2, -0.15) is 0 Å². The van der Waals surface area contributed by atoms with Crippen molar-refractivity contribution in [2.24, 2.45) is 5.92 Å². The van der Waals surface area contributed by atoms with E-state index in [4.69, 9.17) is 9.47 Å². The van der Waals surface area contributed by atoms with Crippen LogP contribution in [-0.2, 0) is 11.8 Å². The first-order chi connectivity index (χ1) is 10.7. The molecule has 1 fully saturated rings. The number of nitrogens with zero attached hydrogens (tertiary/aromatic N) is 1. The Morgan fingerprint density at radius 1 is 1.36 bits per heavy atom. The Bertz CT molecular complexity index is 695. The Balaban J connectivity index is 1.83. The van der Waals surface area contributed by atoms with E-state index in [2.05, 4.69) is 37.1 Å². The number of likely N-dealkylation sites (N-methyl/N-ethyl adjacent to an activating group) is 1. The summed E-state index contributed by atoms with van der Waals surface area (Å²) in [5.74, 6) is 2.62. The zero-order valence-corrected chi connectivity index (χ0v) is 13.6. The van der Waals surface area contributed by atoms with E-state index in [9.17, 15) is 0 Å². The first-order valence-electron chi connectivity index (χ1n) is 8.40. The minimum atomic E-state index is 0.188. The Kier molecular flexibility index (Phi) is 2.41. The minimum Gasteiger partial charge on any atom is -0.493 e. The van der Waals surface area contributed by atoms with Gasteiger partial charge < -0.3 is 14.4 Å². The molecule has 1 saturated heterocycles. The second kappa shape index (κ2) is 4.08. The molecule has 3 heteroatoms. The second-order valence-corrected chi connectivity index (χ2v) is 7.46. The zero-order valence-electron chi connectivity index (χ0n) is 13.6. The van der Waals surface area contributed by atoms with Crippen molar-refractivity contribution in [1.29, 1.82) is 0 Å².